The highest BCUT2D eigenvalue weighted by Crippen LogP contribution is 2.20. The molecule has 0 heterocycles. The van der Waals surface area contributed by atoms with Crippen molar-refractivity contribution in [3.63, 3.8) is 0 Å². The average Bonchev–Trinajstić information content (AvgIpc) is 2.36. The molecule has 0 aliphatic heterocycles. The first-order valence-electron chi connectivity index (χ1n) is 5.75. The Hall–Kier alpha value is -2.41. The molecule has 6 nitrogen and oxygen atoms in total. The second kappa shape index (κ2) is 7.39. The van der Waals surface area contributed by atoms with E-state index in [1.807, 2.05) is 0 Å². The maximum Gasteiger partial charge on any atom is 0.326 e. The number of benzene rings is 1. The predicted molar refractivity (Wildman–Crippen MR) is 73.8 cm³/mol. The third kappa shape index (κ3) is 5.23. The van der Waals surface area contributed by atoms with E-state index < -0.39 is 36.1 Å². The van der Waals surface area contributed by atoms with Gasteiger partial charge >= 0.3 is 5.97 Å². The zero-order valence-electron chi connectivity index (χ0n) is 10.7. The van der Waals surface area contributed by atoms with Gasteiger partial charge in [-0.25, -0.2) is 9.18 Å². The molecule has 0 radical (unpaired) electrons. The van der Waals surface area contributed by atoms with Gasteiger partial charge in [0, 0.05) is 11.6 Å². The van der Waals surface area contributed by atoms with Crippen molar-refractivity contribution in [2.45, 2.75) is 12.5 Å². The highest BCUT2D eigenvalue weighted by Gasteiger charge is 2.21. The minimum absolute atomic E-state index is 0.00362. The van der Waals surface area contributed by atoms with Gasteiger partial charge in [-0.15, -0.1) is 0 Å². The number of carbonyl (C=O) groups is 3. The van der Waals surface area contributed by atoms with Gasteiger partial charge in [0.15, 0.2) is 0 Å². The van der Waals surface area contributed by atoms with Gasteiger partial charge in [-0.3, -0.25) is 9.59 Å². The van der Waals surface area contributed by atoms with E-state index in [9.17, 15) is 18.8 Å². The molecule has 21 heavy (non-hydrogen) atoms. The molecule has 0 saturated heterocycles. The Bertz CT molecular complexity index is 584. The Kier molecular flexibility index (Phi) is 5.86. The first-order chi connectivity index (χ1) is 9.81. The van der Waals surface area contributed by atoms with E-state index in [0.29, 0.717) is 0 Å². The van der Waals surface area contributed by atoms with Crippen LogP contribution in [0.2, 0.25) is 5.02 Å². The Balaban J connectivity index is 2.78. The topological polar surface area (TPSA) is 109 Å². The summed E-state index contributed by atoms with van der Waals surface area (Å²) in [7, 11) is 0. The Morgan fingerprint density at radius 1 is 1.43 bits per heavy atom. The SMILES string of the molecule is NC(=O)CC(NC(=O)/C=C/c1c(F)cccc1Cl)C(=O)O. The molecule has 0 spiro atoms. The van der Waals surface area contributed by atoms with Crippen molar-refractivity contribution in [2.24, 2.45) is 5.73 Å². The van der Waals surface area contributed by atoms with E-state index in [1.54, 1.807) is 0 Å². The fourth-order valence-corrected chi connectivity index (χ4v) is 1.68. The van der Waals surface area contributed by atoms with Gasteiger partial charge < -0.3 is 16.2 Å². The van der Waals surface area contributed by atoms with E-state index >= 15 is 0 Å². The minimum atomic E-state index is -1.45. The lowest BCUT2D eigenvalue weighted by molar-refractivity contribution is -0.142. The summed E-state index contributed by atoms with van der Waals surface area (Å²) in [6, 6.07) is 2.56. The summed E-state index contributed by atoms with van der Waals surface area (Å²) < 4.78 is 13.4. The summed E-state index contributed by atoms with van der Waals surface area (Å²) in [5, 5.41) is 11.0. The summed E-state index contributed by atoms with van der Waals surface area (Å²) in [6.45, 7) is 0. The van der Waals surface area contributed by atoms with E-state index in [4.69, 9.17) is 22.4 Å². The molecule has 0 aromatic heterocycles. The molecule has 0 aliphatic carbocycles. The van der Waals surface area contributed by atoms with Crippen LogP contribution in [-0.2, 0) is 14.4 Å². The maximum atomic E-state index is 13.4. The number of halogens is 2. The lowest BCUT2D eigenvalue weighted by Crippen LogP contribution is -2.42. The van der Waals surface area contributed by atoms with Crippen molar-refractivity contribution < 1.29 is 23.9 Å². The average molecular weight is 315 g/mol. The number of rotatable bonds is 6. The molecule has 0 bridgehead atoms. The van der Waals surface area contributed by atoms with Gasteiger partial charge in [-0.05, 0) is 18.2 Å². The van der Waals surface area contributed by atoms with Crippen molar-refractivity contribution in [3.05, 3.63) is 40.7 Å². The van der Waals surface area contributed by atoms with Gasteiger partial charge in [-0.2, -0.15) is 0 Å². The van der Waals surface area contributed by atoms with Crippen molar-refractivity contribution in [2.75, 3.05) is 0 Å². The summed E-state index contributed by atoms with van der Waals surface area (Å²) in [4.78, 5) is 33.1. The largest absolute Gasteiger partial charge is 0.480 e. The van der Waals surface area contributed by atoms with Gasteiger partial charge in [0.2, 0.25) is 11.8 Å². The van der Waals surface area contributed by atoms with Crippen LogP contribution in [-0.4, -0.2) is 28.9 Å². The molecule has 0 fully saturated rings. The van der Waals surface area contributed by atoms with Crippen LogP contribution in [0.3, 0.4) is 0 Å². The van der Waals surface area contributed by atoms with Crippen LogP contribution >= 0.6 is 11.6 Å². The Labute approximate surface area is 124 Å². The third-order valence-electron chi connectivity index (χ3n) is 2.42. The number of hydrogen-bond acceptors (Lipinski definition) is 3. The molecule has 1 aromatic carbocycles. The van der Waals surface area contributed by atoms with E-state index in [0.717, 1.165) is 18.2 Å². The van der Waals surface area contributed by atoms with Crippen molar-refractivity contribution >= 4 is 35.5 Å². The Morgan fingerprint density at radius 3 is 2.62 bits per heavy atom. The fourth-order valence-electron chi connectivity index (χ4n) is 1.45. The molecular weight excluding hydrogens is 303 g/mol. The number of carbonyl (C=O) groups excluding carboxylic acids is 2. The quantitative estimate of drug-likeness (QED) is 0.679. The molecule has 1 atom stereocenters. The number of primary amides is 1. The molecule has 2 amide bonds. The monoisotopic (exact) mass is 314 g/mol. The van der Waals surface area contributed by atoms with Crippen LogP contribution < -0.4 is 11.1 Å². The Morgan fingerprint density at radius 2 is 2.10 bits per heavy atom. The van der Waals surface area contributed by atoms with E-state index in [1.165, 1.54) is 12.1 Å². The number of amides is 2. The second-order valence-corrected chi connectivity index (χ2v) is 4.45. The third-order valence-corrected chi connectivity index (χ3v) is 2.75. The van der Waals surface area contributed by atoms with Gasteiger partial charge in [-0.1, -0.05) is 17.7 Å². The number of carboxylic acid groups (broad SMARTS) is 1. The standard InChI is InChI=1S/C13H12ClFN2O4/c14-8-2-1-3-9(15)7(8)4-5-12(19)17-10(13(20)21)6-11(16)18/h1-5,10H,6H2,(H2,16,18)(H,17,19)(H,20,21)/b5-4+. The summed E-state index contributed by atoms with van der Waals surface area (Å²) in [5.74, 6) is -3.72. The van der Waals surface area contributed by atoms with Gasteiger partial charge in [0.1, 0.15) is 11.9 Å². The number of carboxylic acids is 1. The summed E-state index contributed by atoms with van der Waals surface area (Å²) >= 11 is 5.76. The maximum absolute atomic E-state index is 13.4. The molecule has 0 aliphatic rings. The highest BCUT2D eigenvalue weighted by atomic mass is 35.5. The number of nitrogens with two attached hydrogens (primary N) is 1. The second-order valence-electron chi connectivity index (χ2n) is 4.04. The van der Waals surface area contributed by atoms with Crippen LogP contribution in [0.4, 0.5) is 4.39 Å². The van der Waals surface area contributed by atoms with Gasteiger partial charge in [0.25, 0.3) is 0 Å². The molecule has 8 heteroatoms. The zero-order valence-corrected chi connectivity index (χ0v) is 11.4. The van der Waals surface area contributed by atoms with E-state index in [2.05, 4.69) is 5.32 Å². The molecular formula is C13H12ClFN2O4. The van der Waals surface area contributed by atoms with Crippen molar-refractivity contribution in [1.29, 1.82) is 0 Å². The number of nitrogens with one attached hydrogen (secondary N) is 1. The molecule has 1 rings (SSSR count). The summed E-state index contributed by atoms with van der Waals surface area (Å²) in [6.07, 6.45) is 1.48. The van der Waals surface area contributed by atoms with Crippen LogP contribution in [0.1, 0.15) is 12.0 Å². The molecule has 1 aromatic rings. The predicted octanol–water partition coefficient (Wildman–Crippen LogP) is 0.937. The van der Waals surface area contributed by atoms with Crippen LogP contribution in [0.15, 0.2) is 24.3 Å². The lowest BCUT2D eigenvalue weighted by Gasteiger charge is -2.10. The normalized spacial score (nSPS) is 12.1. The van der Waals surface area contributed by atoms with Gasteiger partial charge in [0.05, 0.1) is 11.4 Å². The number of hydrogen-bond donors (Lipinski definition) is 3. The first kappa shape index (κ1) is 16.6. The minimum Gasteiger partial charge on any atom is -0.480 e. The smallest absolute Gasteiger partial charge is 0.326 e. The summed E-state index contributed by atoms with van der Waals surface area (Å²) in [5.41, 5.74) is 4.87. The number of aliphatic carboxylic acids is 1. The molecule has 112 valence electrons. The van der Waals surface area contributed by atoms with Crippen LogP contribution in [0, 0.1) is 5.82 Å². The highest BCUT2D eigenvalue weighted by molar-refractivity contribution is 6.32. The van der Waals surface area contributed by atoms with Crippen molar-refractivity contribution in [3.8, 4) is 0 Å². The molecule has 4 N–H and O–H groups in total. The lowest BCUT2D eigenvalue weighted by atomic mass is 10.1. The zero-order chi connectivity index (χ0) is 16.0. The van der Waals surface area contributed by atoms with Crippen molar-refractivity contribution in [1.82, 2.24) is 5.32 Å². The van der Waals surface area contributed by atoms with Crippen LogP contribution in [0.5, 0.6) is 0 Å². The molecule has 1 unspecified atom stereocenters. The van der Waals surface area contributed by atoms with E-state index in [-0.39, 0.29) is 10.6 Å². The first-order valence-corrected chi connectivity index (χ1v) is 6.12. The molecule has 0 saturated carbocycles. The fraction of sp³-hybridized carbons (Fsp3) is 0.154. The van der Waals surface area contributed by atoms with Crippen LogP contribution in [0.25, 0.3) is 6.08 Å².